The van der Waals surface area contributed by atoms with Gasteiger partial charge in [-0.1, -0.05) is 0 Å². The molecule has 1 N–H and O–H groups in total. The lowest BCUT2D eigenvalue weighted by molar-refractivity contribution is -0.140. The second-order valence-electron chi connectivity index (χ2n) is 8.49. The summed E-state index contributed by atoms with van der Waals surface area (Å²) in [5.74, 6) is 0.312. The topological polar surface area (TPSA) is 35.6 Å². The van der Waals surface area contributed by atoms with Crippen molar-refractivity contribution < 1.29 is 4.79 Å². The molecule has 3 fully saturated rings. The summed E-state index contributed by atoms with van der Waals surface area (Å²) < 4.78 is 0. The molecule has 0 radical (unpaired) electrons. The molecule has 4 heteroatoms. The van der Waals surface area contributed by atoms with Crippen LogP contribution in [0.1, 0.15) is 59.8 Å². The number of hydrogen-bond donors (Lipinski definition) is 1. The zero-order valence-corrected chi connectivity index (χ0v) is 13.8. The van der Waals surface area contributed by atoms with Gasteiger partial charge < -0.3 is 4.90 Å². The Labute approximate surface area is 122 Å². The molecule has 0 aromatic carbocycles. The third kappa shape index (κ3) is 1.64. The van der Waals surface area contributed by atoms with Crippen LogP contribution < -0.4 is 5.32 Å². The molecule has 20 heavy (non-hydrogen) atoms. The van der Waals surface area contributed by atoms with E-state index in [4.69, 9.17) is 0 Å². The first-order valence-electron chi connectivity index (χ1n) is 7.86. The van der Waals surface area contributed by atoms with Crippen LogP contribution in [0.2, 0.25) is 0 Å². The lowest BCUT2D eigenvalue weighted by atomic mass is 9.69. The van der Waals surface area contributed by atoms with E-state index in [1.807, 2.05) is 11.9 Å². The van der Waals surface area contributed by atoms with Crippen LogP contribution in [0.15, 0.2) is 0 Å². The van der Waals surface area contributed by atoms with E-state index in [0.717, 1.165) is 25.7 Å². The fourth-order valence-corrected chi connectivity index (χ4v) is 4.91. The van der Waals surface area contributed by atoms with Gasteiger partial charge in [-0.2, -0.15) is 0 Å². The Morgan fingerprint density at radius 3 is 1.85 bits per heavy atom. The Morgan fingerprint density at radius 2 is 1.50 bits per heavy atom. The van der Waals surface area contributed by atoms with Crippen molar-refractivity contribution >= 4 is 5.91 Å². The van der Waals surface area contributed by atoms with Gasteiger partial charge in [0.15, 0.2) is 0 Å². The van der Waals surface area contributed by atoms with E-state index in [1.165, 1.54) is 6.42 Å². The average molecular weight is 279 g/mol. The number of rotatable bonds is 0. The van der Waals surface area contributed by atoms with Gasteiger partial charge >= 0.3 is 0 Å². The summed E-state index contributed by atoms with van der Waals surface area (Å²) in [6, 6.07) is 0. The molecule has 0 atom stereocenters. The Balaban J connectivity index is 1.99. The molecule has 1 saturated carbocycles. The van der Waals surface area contributed by atoms with Crippen LogP contribution in [0, 0.1) is 0 Å². The number of nitrogens with zero attached hydrogens (tertiary/aromatic N) is 2. The van der Waals surface area contributed by atoms with E-state index in [1.54, 1.807) is 0 Å². The summed E-state index contributed by atoms with van der Waals surface area (Å²) in [5.41, 5.74) is -0.352. The molecule has 2 heterocycles. The molecule has 0 unspecified atom stereocenters. The predicted molar refractivity (Wildman–Crippen MR) is 80.4 cm³/mol. The molecule has 1 amide bonds. The summed E-state index contributed by atoms with van der Waals surface area (Å²) in [6.07, 6.45) is 5.23. The van der Waals surface area contributed by atoms with E-state index in [9.17, 15) is 4.79 Å². The third-order valence-electron chi connectivity index (χ3n) is 6.29. The Morgan fingerprint density at radius 1 is 1.00 bits per heavy atom. The lowest BCUT2D eigenvalue weighted by Crippen LogP contribution is -2.69. The lowest BCUT2D eigenvalue weighted by Gasteiger charge is -2.57. The largest absolute Gasteiger partial charge is 0.326 e. The van der Waals surface area contributed by atoms with Crippen molar-refractivity contribution in [2.45, 2.75) is 82.1 Å². The number of hydrogen-bond acceptors (Lipinski definition) is 3. The summed E-state index contributed by atoms with van der Waals surface area (Å²) >= 11 is 0. The van der Waals surface area contributed by atoms with Crippen LogP contribution in [0.4, 0.5) is 0 Å². The minimum absolute atomic E-state index is 0.0283. The number of carbonyl (C=O) groups is 1. The zero-order chi connectivity index (χ0) is 15.0. The van der Waals surface area contributed by atoms with E-state index in [0.29, 0.717) is 5.91 Å². The van der Waals surface area contributed by atoms with Gasteiger partial charge in [-0.15, -0.1) is 0 Å². The maximum atomic E-state index is 13.0. The molecule has 1 aliphatic carbocycles. The first-order chi connectivity index (χ1) is 9.05. The molecule has 0 aromatic rings. The molecule has 3 rings (SSSR count). The van der Waals surface area contributed by atoms with Gasteiger partial charge in [0.05, 0.1) is 5.66 Å². The van der Waals surface area contributed by atoms with Gasteiger partial charge in [-0.25, -0.2) is 0 Å². The van der Waals surface area contributed by atoms with E-state index in [2.05, 4.69) is 45.0 Å². The molecule has 2 saturated heterocycles. The maximum Gasteiger partial charge on any atom is 0.244 e. The zero-order valence-electron chi connectivity index (χ0n) is 13.8. The van der Waals surface area contributed by atoms with Gasteiger partial charge in [0, 0.05) is 18.1 Å². The molecule has 0 aromatic heterocycles. The maximum absolute atomic E-state index is 13.0. The Bertz CT molecular complexity index is 427. The van der Waals surface area contributed by atoms with Crippen molar-refractivity contribution in [3.05, 3.63) is 0 Å². The van der Waals surface area contributed by atoms with Gasteiger partial charge in [0.25, 0.3) is 0 Å². The third-order valence-corrected chi connectivity index (χ3v) is 6.29. The highest BCUT2D eigenvalue weighted by atomic mass is 16.2. The fraction of sp³-hybridized carbons (Fsp3) is 0.938. The SMILES string of the molecule is CN1C(C)(C)CC2(CC1(C)C)NC1(CCC1)N(C)C2=O. The van der Waals surface area contributed by atoms with Crippen LogP contribution in [0.25, 0.3) is 0 Å². The first-order valence-corrected chi connectivity index (χ1v) is 7.86. The van der Waals surface area contributed by atoms with Crippen molar-refractivity contribution in [3.63, 3.8) is 0 Å². The van der Waals surface area contributed by atoms with Crippen LogP contribution in [0.5, 0.6) is 0 Å². The normalized spacial score (nSPS) is 33.7. The number of amides is 1. The summed E-state index contributed by atoms with van der Waals surface area (Å²) in [4.78, 5) is 17.5. The van der Waals surface area contributed by atoms with Crippen molar-refractivity contribution in [2.75, 3.05) is 14.1 Å². The summed E-state index contributed by atoms with van der Waals surface area (Å²) in [6.45, 7) is 9.04. The Kier molecular flexibility index (Phi) is 2.70. The standard InChI is InChI=1S/C16H29N3O/c1-13(2)10-15(11-14(3,4)19(13)6)12(20)18(5)16(17-15)8-7-9-16/h17H,7-11H2,1-6H3. The smallest absolute Gasteiger partial charge is 0.244 e. The van der Waals surface area contributed by atoms with Gasteiger partial charge in [0.2, 0.25) is 5.91 Å². The fourth-order valence-electron chi connectivity index (χ4n) is 4.91. The van der Waals surface area contributed by atoms with Crippen molar-refractivity contribution in [2.24, 2.45) is 0 Å². The van der Waals surface area contributed by atoms with Crippen molar-refractivity contribution in [1.82, 2.24) is 15.1 Å². The molecule has 2 spiro atoms. The second kappa shape index (κ2) is 3.77. The van der Waals surface area contributed by atoms with Crippen molar-refractivity contribution in [3.8, 4) is 0 Å². The Hall–Kier alpha value is -0.610. The molecule has 2 aliphatic heterocycles. The number of carbonyl (C=O) groups excluding carboxylic acids is 1. The van der Waals surface area contributed by atoms with Gasteiger partial charge in [-0.3, -0.25) is 15.0 Å². The quantitative estimate of drug-likeness (QED) is 0.736. The minimum Gasteiger partial charge on any atom is -0.326 e. The number of likely N-dealkylation sites (N-methyl/N-ethyl adjacent to an activating group) is 1. The van der Waals surface area contributed by atoms with Crippen LogP contribution >= 0.6 is 0 Å². The van der Waals surface area contributed by atoms with Gasteiger partial charge in [-0.05, 0) is 66.8 Å². The average Bonchev–Trinajstić information content (AvgIpc) is 2.47. The summed E-state index contributed by atoms with van der Waals surface area (Å²) in [7, 11) is 4.18. The number of nitrogens with one attached hydrogen (secondary N) is 1. The first kappa shape index (κ1) is 14.3. The number of piperidine rings is 1. The second-order valence-corrected chi connectivity index (χ2v) is 8.49. The van der Waals surface area contributed by atoms with E-state index in [-0.39, 0.29) is 22.3 Å². The molecular formula is C16H29N3O. The van der Waals surface area contributed by atoms with Crippen LogP contribution in [-0.4, -0.2) is 52.1 Å². The minimum atomic E-state index is -0.366. The predicted octanol–water partition coefficient (Wildman–Crippen LogP) is 1.95. The highest BCUT2D eigenvalue weighted by Crippen LogP contribution is 2.50. The molecule has 0 bridgehead atoms. The molecule has 4 nitrogen and oxygen atoms in total. The molecule has 114 valence electrons. The van der Waals surface area contributed by atoms with Crippen LogP contribution in [-0.2, 0) is 4.79 Å². The summed E-state index contributed by atoms with van der Waals surface area (Å²) in [5, 5.41) is 3.80. The molecular weight excluding hydrogens is 250 g/mol. The van der Waals surface area contributed by atoms with E-state index >= 15 is 0 Å². The van der Waals surface area contributed by atoms with E-state index < -0.39 is 0 Å². The highest BCUT2D eigenvalue weighted by molar-refractivity contribution is 5.90. The highest BCUT2D eigenvalue weighted by Gasteiger charge is 2.64. The van der Waals surface area contributed by atoms with Crippen molar-refractivity contribution in [1.29, 1.82) is 0 Å². The monoisotopic (exact) mass is 279 g/mol. The van der Waals surface area contributed by atoms with Gasteiger partial charge in [0.1, 0.15) is 5.54 Å². The number of likely N-dealkylation sites (tertiary alicyclic amines) is 1. The molecule has 3 aliphatic rings. The van der Waals surface area contributed by atoms with Crippen LogP contribution in [0.3, 0.4) is 0 Å².